The molecule has 0 aliphatic heterocycles. The summed E-state index contributed by atoms with van der Waals surface area (Å²) in [4.78, 5) is 19.2. The number of hydrogen-bond acceptors (Lipinski definition) is 5. The minimum atomic E-state index is -0.107. The van der Waals surface area contributed by atoms with Crippen LogP contribution in [0.1, 0.15) is 25.0 Å². The van der Waals surface area contributed by atoms with E-state index in [4.69, 9.17) is 8.94 Å². The second-order valence-electron chi connectivity index (χ2n) is 5.62. The molecule has 7 nitrogen and oxygen atoms in total. The molecule has 0 amide bonds. The molecule has 0 bridgehead atoms. The van der Waals surface area contributed by atoms with Crippen LogP contribution in [0.15, 0.2) is 50.3 Å². The molecule has 0 fully saturated rings. The van der Waals surface area contributed by atoms with Gasteiger partial charge >= 0.3 is 5.69 Å². The summed E-state index contributed by atoms with van der Waals surface area (Å²) in [7, 11) is 0. The van der Waals surface area contributed by atoms with Crippen LogP contribution in [0, 0.1) is 0 Å². The summed E-state index contributed by atoms with van der Waals surface area (Å²) in [6.45, 7) is 2.72. The molecule has 0 aliphatic rings. The number of nitrogens with one attached hydrogen (secondary N) is 1. The predicted molar refractivity (Wildman–Crippen MR) is 93.8 cm³/mol. The van der Waals surface area contributed by atoms with Crippen LogP contribution in [0.2, 0.25) is 0 Å². The van der Waals surface area contributed by atoms with Crippen LogP contribution in [0.5, 0.6) is 0 Å². The maximum absolute atomic E-state index is 12.0. The molecule has 0 aliphatic carbocycles. The summed E-state index contributed by atoms with van der Waals surface area (Å²) in [6.07, 6.45) is 5.93. The molecule has 25 heavy (non-hydrogen) atoms. The lowest BCUT2D eigenvalue weighted by Gasteiger charge is -2.00. The first-order valence-corrected chi connectivity index (χ1v) is 8.03. The van der Waals surface area contributed by atoms with E-state index in [1.54, 1.807) is 29.0 Å². The molecule has 126 valence electrons. The van der Waals surface area contributed by atoms with E-state index in [1.165, 1.54) is 0 Å². The number of fused-ring (bicyclic) bond motifs is 1. The molecule has 0 saturated heterocycles. The summed E-state index contributed by atoms with van der Waals surface area (Å²) in [5.41, 5.74) is 2.30. The SMILES string of the molecule is CCCn1c(=O)[nH]c2cc(-c3noc(C=Cc4ccco4)n3)ccc21. The van der Waals surface area contributed by atoms with Gasteiger partial charge in [-0.05, 0) is 42.8 Å². The number of benzene rings is 1. The second kappa shape index (κ2) is 6.27. The van der Waals surface area contributed by atoms with Crippen molar-refractivity contribution in [1.29, 1.82) is 0 Å². The normalized spacial score (nSPS) is 11.7. The van der Waals surface area contributed by atoms with Crippen molar-refractivity contribution in [2.45, 2.75) is 19.9 Å². The molecule has 0 atom stereocenters. The van der Waals surface area contributed by atoms with Crippen LogP contribution in [0.3, 0.4) is 0 Å². The van der Waals surface area contributed by atoms with Crippen molar-refractivity contribution in [2.24, 2.45) is 0 Å². The molecule has 4 rings (SSSR count). The van der Waals surface area contributed by atoms with E-state index in [0.29, 0.717) is 24.0 Å². The molecule has 4 aromatic rings. The van der Waals surface area contributed by atoms with Crippen molar-refractivity contribution in [1.82, 2.24) is 19.7 Å². The molecule has 0 unspecified atom stereocenters. The third-order valence-corrected chi connectivity index (χ3v) is 3.85. The quantitative estimate of drug-likeness (QED) is 0.602. The molecule has 0 spiro atoms. The van der Waals surface area contributed by atoms with Gasteiger partial charge in [0.2, 0.25) is 5.82 Å². The first-order valence-electron chi connectivity index (χ1n) is 8.03. The minimum Gasteiger partial charge on any atom is -0.465 e. The number of imidazole rings is 1. The Morgan fingerprint density at radius 2 is 2.20 bits per heavy atom. The smallest absolute Gasteiger partial charge is 0.326 e. The molecule has 3 aromatic heterocycles. The molecule has 0 saturated carbocycles. The van der Waals surface area contributed by atoms with Gasteiger partial charge in [-0.1, -0.05) is 12.1 Å². The Kier molecular flexibility index (Phi) is 3.81. The van der Waals surface area contributed by atoms with E-state index >= 15 is 0 Å². The predicted octanol–water partition coefficient (Wildman–Crippen LogP) is 3.55. The number of furan rings is 1. The standard InChI is InChI=1S/C18H16N4O3/c1-2-9-22-15-7-5-12(11-14(15)19-18(22)23)17-20-16(25-21-17)8-6-13-4-3-10-24-13/h3-8,10-11H,2,9H2,1H3,(H,19,23). The van der Waals surface area contributed by atoms with Gasteiger partial charge in [0.25, 0.3) is 5.89 Å². The van der Waals surface area contributed by atoms with Gasteiger partial charge in [0.15, 0.2) is 0 Å². The summed E-state index contributed by atoms with van der Waals surface area (Å²) in [5, 5.41) is 3.99. The van der Waals surface area contributed by atoms with Crippen molar-refractivity contribution < 1.29 is 8.94 Å². The van der Waals surface area contributed by atoms with Crippen LogP contribution in [0.25, 0.3) is 34.6 Å². The van der Waals surface area contributed by atoms with Crippen LogP contribution in [0.4, 0.5) is 0 Å². The lowest BCUT2D eigenvalue weighted by Crippen LogP contribution is -2.16. The Morgan fingerprint density at radius 1 is 1.28 bits per heavy atom. The Morgan fingerprint density at radius 3 is 3.00 bits per heavy atom. The third-order valence-electron chi connectivity index (χ3n) is 3.85. The van der Waals surface area contributed by atoms with Gasteiger partial charge < -0.3 is 13.9 Å². The Bertz CT molecular complexity index is 1080. The fourth-order valence-electron chi connectivity index (χ4n) is 2.71. The zero-order valence-electron chi connectivity index (χ0n) is 13.6. The summed E-state index contributed by atoms with van der Waals surface area (Å²) < 4.78 is 12.2. The maximum atomic E-state index is 12.0. The van der Waals surface area contributed by atoms with E-state index in [-0.39, 0.29) is 5.69 Å². The zero-order chi connectivity index (χ0) is 17.2. The van der Waals surface area contributed by atoms with Gasteiger partial charge in [0, 0.05) is 18.2 Å². The Balaban J connectivity index is 1.65. The number of H-pyrrole nitrogens is 1. The first kappa shape index (κ1) is 15.2. The highest BCUT2D eigenvalue weighted by Gasteiger charge is 2.11. The molecular weight excluding hydrogens is 320 g/mol. The average molecular weight is 336 g/mol. The summed E-state index contributed by atoms with van der Waals surface area (Å²) in [6, 6.07) is 9.27. The van der Waals surface area contributed by atoms with Crippen molar-refractivity contribution in [3.05, 3.63) is 58.7 Å². The average Bonchev–Trinajstić information content (AvgIpc) is 3.34. The fourth-order valence-corrected chi connectivity index (χ4v) is 2.71. The lowest BCUT2D eigenvalue weighted by molar-refractivity contribution is 0.411. The van der Waals surface area contributed by atoms with Crippen molar-refractivity contribution in [2.75, 3.05) is 0 Å². The number of hydrogen-bond donors (Lipinski definition) is 1. The monoisotopic (exact) mass is 336 g/mol. The van der Waals surface area contributed by atoms with E-state index in [2.05, 4.69) is 15.1 Å². The number of rotatable bonds is 5. The van der Waals surface area contributed by atoms with Crippen molar-refractivity contribution >= 4 is 23.2 Å². The first-order chi connectivity index (χ1) is 12.2. The van der Waals surface area contributed by atoms with Crippen LogP contribution in [-0.2, 0) is 6.54 Å². The minimum absolute atomic E-state index is 0.107. The Labute approximate surface area is 142 Å². The molecule has 7 heteroatoms. The topological polar surface area (TPSA) is 89.9 Å². The number of aromatic amines is 1. The van der Waals surface area contributed by atoms with E-state index in [1.807, 2.05) is 31.2 Å². The largest absolute Gasteiger partial charge is 0.465 e. The lowest BCUT2D eigenvalue weighted by atomic mass is 10.2. The second-order valence-corrected chi connectivity index (χ2v) is 5.62. The summed E-state index contributed by atoms with van der Waals surface area (Å²) >= 11 is 0. The molecule has 1 aromatic carbocycles. The number of nitrogens with zero attached hydrogens (tertiary/aromatic N) is 3. The van der Waals surface area contributed by atoms with Gasteiger partial charge in [-0.25, -0.2) is 4.79 Å². The van der Waals surface area contributed by atoms with Gasteiger partial charge in [-0.2, -0.15) is 4.98 Å². The third kappa shape index (κ3) is 2.91. The maximum Gasteiger partial charge on any atom is 0.326 e. The van der Waals surface area contributed by atoms with Crippen molar-refractivity contribution in [3.63, 3.8) is 0 Å². The Hall–Kier alpha value is -3.35. The highest BCUT2D eigenvalue weighted by atomic mass is 16.5. The van der Waals surface area contributed by atoms with Gasteiger partial charge in [0.05, 0.1) is 17.3 Å². The highest BCUT2D eigenvalue weighted by molar-refractivity contribution is 5.80. The van der Waals surface area contributed by atoms with E-state index in [9.17, 15) is 4.79 Å². The van der Waals surface area contributed by atoms with Gasteiger partial charge in [0.1, 0.15) is 5.76 Å². The molecule has 0 radical (unpaired) electrons. The highest BCUT2D eigenvalue weighted by Crippen LogP contribution is 2.21. The molecule has 3 heterocycles. The fraction of sp³-hybridized carbons (Fsp3) is 0.167. The number of aromatic nitrogens is 4. The number of aryl methyl sites for hydroxylation is 1. The van der Waals surface area contributed by atoms with Crippen LogP contribution >= 0.6 is 0 Å². The zero-order valence-corrected chi connectivity index (χ0v) is 13.6. The summed E-state index contributed by atoms with van der Waals surface area (Å²) in [5.74, 6) is 1.55. The van der Waals surface area contributed by atoms with E-state index < -0.39 is 0 Å². The van der Waals surface area contributed by atoms with Gasteiger partial charge in [-0.15, -0.1) is 0 Å². The molecule has 1 N–H and O–H groups in total. The van der Waals surface area contributed by atoms with Crippen molar-refractivity contribution in [3.8, 4) is 11.4 Å². The van der Waals surface area contributed by atoms with Gasteiger partial charge in [-0.3, -0.25) is 4.57 Å². The molecular formula is C18H16N4O3. The van der Waals surface area contributed by atoms with E-state index in [0.717, 1.165) is 23.0 Å². The van der Waals surface area contributed by atoms with Crippen LogP contribution in [-0.4, -0.2) is 19.7 Å². The van der Waals surface area contributed by atoms with Crippen LogP contribution < -0.4 is 5.69 Å².